The molecule has 1 aromatic heterocycles. The summed E-state index contributed by atoms with van der Waals surface area (Å²) in [5.74, 6) is 6.85. The smallest absolute Gasteiger partial charge is 0.405 e. The molecule has 1 saturated heterocycles. The van der Waals surface area contributed by atoms with Crippen LogP contribution in [0.25, 0.3) is 0 Å². The largest absolute Gasteiger partial charge is 0.413 e. The van der Waals surface area contributed by atoms with Crippen LogP contribution in [0, 0.1) is 23.7 Å². The molecule has 6 rings (SSSR count). The van der Waals surface area contributed by atoms with E-state index in [1.54, 1.807) is 6.20 Å². The van der Waals surface area contributed by atoms with Gasteiger partial charge < -0.3 is 15.0 Å². The number of carbonyl (C=O) groups is 1. The lowest BCUT2D eigenvalue weighted by molar-refractivity contribution is -0.0114. The van der Waals surface area contributed by atoms with E-state index in [0.29, 0.717) is 23.6 Å². The first kappa shape index (κ1) is 16.8. The van der Waals surface area contributed by atoms with Crippen LogP contribution >= 0.6 is 11.8 Å². The summed E-state index contributed by atoms with van der Waals surface area (Å²) >= 11 is 1.97. The van der Waals surface area contributed by atoms with Gasteiger partial charge in [-0.2, -0.15) is 16.9 Å². The molecule has 4 aliphatic carbocycles. The number of hydrogen-bond acceptors (Lipinski definition) is 5. The summed E-state index contributed by atoms with van der Waals surface area (Å²) in [4.78, 5) is 14.9. The van der Waals surface area contributed by atoms with Crippen molar-refractivity contribution in [1.82, 2.24) is 15.1 Å². The van der Waals surface area contributed by atoms with Gasteiger partial charge in [0, 0.05) is 37.7 Å². The van der Waals surface area contributed by atoms with Crippen LogP contribution in [0.15, 0.2) is 6.20 Å². The number of thioether (sulfide) groups is 1. The monoisotopic (exact) mass is 376 g/mol. The fourth-order valence-electron chi connectivity index (χ4n) is 6.04. The quantitative estimate of drug-likeness (QED) is 0.879. The lowest BCUT2D eigenvalue weighted by atomic mass is 9.54. The Labute approximate surface area is 159 Å². The molecule has 1 amide bonds. The molecule has 0 unspecified atom stereocenters. The fourth-order valence-corrected chi connectivity index (χ4v) is 6.95. The van der Waals surface area contributed by atoms with Gasteiger partial charge in [0.15, 0.2) is 11.6 Å². The molecule has 0 spiro atoms. The van der Waals surface area contributed by atoms with Crippen molar-refractivity contribution >= 4 is 23.7 Å². The van der Waals surface area contributed by atoms with Gasteiger partial charge in [0.2, 0.25) is 0 Å². The number of rotatable bonds is 3. The van der Waals surface area contributed by atoms with E-state index in [-0.39, 0.29) is 6.09 Å². The normalized spacial score (nSPS) is 35.6. The van der Waals surface area contributed by atoms with Crippen molar-refractivity contribution in [3.63, 3.8) is 0 Å². The number of carbonyl (C=O) groups excluding carboxylic acids is 1. The maximum Gasteiger partial charge on any atom is 0.413 e. The summed E-state index contributed by atoms with van der Waals surface area (Å²) in [5.41, 5.74) is 0. The third-order valence-corrected chi connectivity index (χ3v) is 7.84. The second kappa shape index (κ2) is 6.66. The van der Waals surface area contributed by atoms with Crippen molar-refractivity contribution in [1.29, 1.82) is 0 Å². The summed E-state index contributed by atoms with van der Waals surface area (Å²) in [6.07, 6.45) is 7.97. The standard InChI is InChI=1S/C19H28N4O2S/c1-22-18(23-2-4-26-5-3-23)16(11-20-22)25-19(24)21-17-14-7-12-6-13(9-14)10-15(17)8-12/h11-15,17H,2-10H2,1H3,(H,21,24). The predicted molar refractivity (Wildman–Crippen MR) is 103 cm³/mol. The van der Waals surface area contributed by atoms with E-state index in [4.69, 9.17) is 4.74 Å². The number of ether oxygens (including phenoxy) is 1. The van der Waals surface area contributed by atoms with Crippen LogP contribution in [-0.4, -0.2) is 46.5 Å². The van der Waals surface area contributed by atoms with Crippen molar-refractivity contribution < 1.29 is 9.53 Å². The van der Waals surface area contributed by atoms with Gasteiger partial charge in [0.05, 0.1) is 6.20 Å². The average molecular weight is 377 g/mol. The second-order valence-corrected chi connectivity index (χ2v) is 9.77. The van der Waals surface area contributed by atoms with Crippen LogP contribution in [-0.2, 0) is 7.05 Å². The molecule has 0 aromatic carbocycles. The van der Waals surface area contributed by atoms with Gasteiger partial charge in [0.1, 0.15) is 0 Å². The molecule has 6 nitrogen and oxygen atoms in total. The Balaban J connectivity index is 1.26. The van der Waals surface area contributed by atoms with Crippen LogP contribution in [0.3, 0.4) is 0 Å². The van der Waals surface area contributed by atoms with Crippen LogP contribution in [0.2, 0.25) is 0 Å². The molecule has 2 heterocycles. The molecule has 7 heteroatoms. The van der Waals surface area contributed by atoms with E-state index in [1.165, 1.54) is 32.1 Å². The molecule has 1 N–H and O–H groups in total. The average Bonchev–Trinajstić information content (AvgIpc) is 2.98. The van der Waals surface area contributed by atoms with E-state index in [1.807, 2.05) is 23.5 Å². The predicted octanol–water partition coefficient (Wildman–Crippen LogP) is 2.89. The Morgan fingerprint density at radius 1 is 1.15 bits per heavy atom. The summed E-state index contributed by atoms with van der Waals surface area (Å²) in [6, 6.07) is 0.307. The van der Waals surface area contributed by atoms with Crippen molar-refractivity contribution in [2.75, 3.05) is 29.5 Å². The lowest BCUT2D eigenvalue weighted by Gasteiger charge is -2.54. The van der Waals surface area contributed by atoms with Gasteiger partial charge in [-0.15, -0.1) is 0 Å². The highest BCUT2D eigenvalue weighted by Crippen LogP contribution is 2.53. The fraction of sp³-hybridized carbons (Fsp3) is 0.789. The minimum atomic E-state index is -0.303. The molecule has 5 fully saturated rings. The van der Waals surface area contributed by atoms with Gasteiger partial charge in [-0.1, -0.05) is 0 Å². The first-order valence-electron chi connectivity index (χ1n) is 10.0. The van der Waals surface area contributed by atoms with Gasteiger partial charge in [-0.05, 0) is 55.8 Å². The molecule has 26 heavy (non-hydrogen) atoms. The number of aromatic nitrogens is 2. The van der Waals surface area contributed by atoms with Gasteiger partial charge in [-0.25, -0.2) is 9.48 Å². The van der Waals surface area contributed by atoms with Crippen LogP contribution in [0.5, 0.6) is 5.75 Å². The van der Waals surface area contributed by atoms with E-state index in [0.717, 1.165) is 42.2 Å². The number of anilines is 1. The topological polar surface area (TPSA) is 59.4 Å². The molecule has 1 aromatic rings. The first-order chi connectivity index (χ1) is 12.7. The number of nitrogens with one attached hydrogen (secondary N) is 1. The van der Waals surface area contributed by atoms with Crippen molar-refractivity contribution in [3.05, 3.63) is 6.20 Å². The Morgan fingerprint density at radius 3 is 2.46 bits per heavy atom. The Hall–Kier alpha value is -1.37. The zero-order valence-corrected chi connectivity index (χ0v) is 16.2. The van der Waals surface area contributed by atoms with Crippen LogP contribution in [0.4, 0.5) is 10.6 Å². The summed E-state index contributed by atoms with van der Waals surface area (Å²) in [5, 5.41) is 7.56. The Kier molecular flexibility index (Phi) is 4.30. The number of aryl methyl sites for hydroxylation is 1. The van der Waals surface area contributed by atoms with Crippen molar-refractivity contribution in [2.45, 2.75) is 38.1 Å². The van der Waals surface area contributed by atoms with E-state index in [9.17, 15) is 4.79 Å². The highest BCUT2D eigenvalue weighted by molar-refractivity contribution is 7.99. The Morgan fingerprint density at radius 2 is 1.81 bits per heavy atom. The zero-order chi connectivity index (χ0) is 17.7. The Bertz CT molecular complexity index is 657. The van der Waals surface area contributed by atoms with Crippen molar-refractivity contribution in [2.24, 2.45) is 30.7 Å². The zero-order valence-electron chi connectivity index (χ0n) is 15.4. The SMILES string of the molecule is Cn1ncc(OC(=O)NC2C3CC4CC(C3)CC2C4)c1N1CCSCC1. The maximum absolute atomic E-state index is 12.7. The highest BCUT2D eigenvalue weighted by atomic mass is 32.2. The number of hydrogen-bond donors (Lipinski definition) is 1. The van der Waals surface area contributed by atoms with E-state index >= 15 is 0 Å². The summed E-state index contributed by atoms with van der Waals surface area (Å²) < 4.78 is 7.56. The molecule has 4 bridgehead atoms. The van der Waals surface area contributed by atoms with Crippen LogP contribution in [0.1, 0.15) is 32.1 Å². The number of amides is 1. The van der Waals surface area contributed by atoms with Crippen LogP contribution < -0.4 is 15.0 Å². The van der Waals surface area contributed by atoms with E-state index < -0.39 is 0 Å². The number of nitrogens with zero attached hydrogens (tertiary/aromatic N) is 3. The molecule has 142 valence electrons. The maximum atomic E-state index is 12.7. The highest BCUT2D eigenvalue weighted by Gasteiger charge is 2.48. The molecule has 5 aliphatic rings. The van der Waals surface area contributed by atoms with Gasteiger partial charge in [-0.3, -0.25) is 0 Å². The molecule has 0 radical (unpaired) electrons. The third-order valence-electron chi connectivity index (χ3n) is 6.90. The van der Waals surface area contributed by atoms with E-state index in [2.05, 4.69) is 15.3 Å². The minimum Gasteiger partial charge on any atom is -0.405 e. The minimum absolute atomic E-state index is 0.303. The summed E-state index contributed by atoms with van der Waals surface area (Å²) in [7, 11) is 1.92. The summed E-state index contributed by atoms with van der Waals surface area (Å²) in [6.45, 7) is 1.94. The molecule has 1 aliphatic heterocycles. The molecular weight excluding hydrogens is 348 g/mol. The van der Waals surface area contributed by atoms with Crippen molar-refractivity contribution in [3.8, 4) is 5.75 Å². The van der Waals surface area contributed by atoms with Gasteiger partial charge >= 0.3 is 6.09 Å². The second-order valence-electron chi connectivity index (χ2n) is 8.55. The molecule has 0 atom stereocenters. The van der Waals surface area contributed by atoms with Gasteiger partial charge in [0.25, 0.3) is 0 Å². The first-order valence-corrected chi connectivity index (χ1v) is 11.2. The molecular formula is C19H28N4O2S. The lowest BCUT2D eigenvalue weighted by Crippen LogP contribution is -2.56. The third kappa shape index (κ3) is 2.98. The molecule has 4 saturated carbocycles.